The zero-order chi connectivity index (χ0) is 13.9. The molecule has 0 saturated heterocycles. The average Bonchev–Trinajstić information content (AvgIpc) is 2.72. The van der Waals surface area contributed by atoms with Crippen molar-refractivity contribution in [1.29, 1.82) is 0 Å². The lowest BCUT2D eigenvalue weighted by atomic mass is 10.2. The van der Waals surface area contributed by atoms with Crippen LogP contribution in [0.25, 0.3) is 0 Å². The van der Waals surface area contributed by atoms with E-state index in [0.29, 0.717) is 0 Å². The number of nitrogens with zero attached hydrogens (tertiary/aromatic N) is 3. The molecule has 0 saturated carbocycles. The Morgan fingerprint density at radius 2 is 1.89 bits per heavy atom. The first kappa shape index (κ1) is 13.9. The molecule has 1 rings (SSSR count). The summed E-state index contributed by atoms with van der Waals surface area (Å²) in [5.74, 6) is -0.808. The molecule has 0 aliphatic carbocycles. The summed E-state index contributed by atoms with van der Waals surface area (Å²) in [6, 6.07) is 0. The van der Waals surface area contributed by atoms with Gasteiger partial charge in [-0.15, -0.1) is 0 Å². The van der Waals surface area contributed by atoms with E-state index in [2.05, 4.69) is 14.9 Å². The summed E-state index contributed by atoms with van der Waals surface area (Å²) in [5, 5.41) is 6.74. The van der Waals surface area contributed by atoms with Crippen molar-refractivity contribution in [2.45, 2.75) is 26.4 Å². The maximum Gasteiger partial charge on any atom is 0.417 e. The molecule has 0 N–H and O–H groups in total. The van der Waals surface area contributed by atoms with Gasteiger partial charge in [-0.05, 0) is 31.1 Å². The van der Waals surface area contributed by atoms with Gasteiger partial charge >= 0.3 is 6.09 Å². The van der Waals surface area contributed by atoms with Crippen molar-refractivity contribution in [3.63, 3.8) is 0 Å². The third kappa shape index (κ3) is 3.19. The fraction of sp³-hybridized carbons (Fsp3) is 0.600. The van der Waals surface area contributed by atoms with Crippen LogP contribution in [0.4, 0.5) is 4.79 Å². The highest BCUT2D eigenvalue weighted by atomic mass is 16.6. The molecular formula is C10H15N3O5. The molecule has 0 aliphatic rings. The number of carbonyl (C=O) groups excluding carboxylic acids is 2. The fourth-order valence-electron chi connectivity index (χ4n) is 1.02. The van der Waals surface area contributed by atoms with Crippen LogP contribution in [0.15, 0.2) is 4.63 Å². The average molecular weight is 257 g/mol. The van der Waals surface area contributed by atoms with Crippen molar-refractivity contribution in [3.05, 3.63) is 5.69 Å². The number of methoxy groups -OCH3 is 1. The number of rotatable bonds is 2. The Morgan fingerprint density at radius 1 is 1.28 bits per heavy atom. The minimum atomic E-state index is -0.794. The van der Waals surface area contributed by atoms with Crippen LogP contribution in [0.2, 0.25) is 0 Å². The molecule has 0 aromatic carbocycles. The third-order valence-corrected chi connectivity index (χ3v) is 1.83. The number of hydrogen-bond acceptors (Lipinski definition) is 7. The van der Waals surface area contributed by atoms with E-state index in [1.807, 2.05) is 0 Å². The van der Waals surface area contributed by atoms with Gasteiger partial charge in [-0.2, -0.15) is 0 Å². The Hall–Kier alpha value is -2.12. The van der Waals surface area contributed by atoms with Crippen LogP contribution < -0.4 is 4.74 Å². The molecule has 100 valence electrons. The highest BCUT2D eigenvalue weighted by molar-refractivity contribution is 6.02. The zero-order valence-corrected chi connectivity index (χ0v) is 10.9. The van der Waals surface area contributed by atoms with Gasteiger partial charge in [0.05, 0.1) is 7.11 Å². The van der Waals surface area contributed by atoms with Crippen LogP contribution in [-0.2, 0) is 4.74 Å². The monoisotopic (exact) mass is 257 g/mol. The third-order valence-electron chi connectivity index (χ3n) is 1.83. The van der Waals surface area contributed by atoms with E-state index in [4.69, 9.17) is 9.47 Å². The quantitative estimate of drug-likeness (QED) is 0.782. The fourth-order valence-corrected chi connectivity index (χ4v) is 1.02. The SMILES string of the molecule is COc1nonc1C(=O)N(C)C(=O)OC(C)(C)C. The second-order valence-corrected chi connectivity index (χ2v) is 4.47. The molecule has 2 amide bonds. The van der Waals surface area contributed by atoms with Crippen molar-refractivity contribution >= 4 is 12.0 Å². The summed E-state index contributed by atoms with van der Waals surface area (Å²) in [4.78, 5) is 24.3. The number of aromatic nitrogens is 2. The molecular weight excluding hydrogens is 242 g/mol. The van der Waals surface area contributed by atoms with Crippen LogP contribution >= 0.6 is 0 Å². The van der Waals surface area contributed by atoms with E-state index in [9.17, 15) is 9.59 Å². The van der Waals surface area contributed by atoms with Crippen LogP contribution in [0.3, 0.4) is 0 Å². The molecule has 8 heteroatoms. The highest BCUT2D eigenvalue weighted by Crippen LogP contribution is 2.15. The van der Waals surface area contributed by atoms with Gasteiger partial charge in [-0.3, -0.25) is 4.79 Å². The molecule has 8 nitrogen and oxygen atoms in total. The second-order valence-electron chi connectivity index (χ2n) is 4.47. The summed E-state index contributed by atoms with van der Waals surface area (Å²) >= 11 is 0. The van der Waals surface area contributed by atoms with Crippen LogP contribution in [0.1, 0.15) is 31.3 Å². The van der Waals surface area contributed by atoms with Gasteiger partial charge in [0, 0.05) is 7.05 Å². The summed E-state index contributed by atoms with van der Waals surface area (Å²) < 4.78 is 14.2. The summed E-state index contributed by atoms with van der Waals surface area (Å²) in [6.45, 7) is 5.09. The Morgan fingerprint density at radius 3 is 2.39 bits per heavy atom. The number of hydrogen-bond donors (Lipinski definition) is 0. The Labute approximate surface area is 104 Å². The van der Waals surface area contributed by atoms with Gasteiger partial charge in [0.1, 0.15) is 5.60 Å². The molecule has 0 fully saturated rings. The summed E-state index contributed by atoms with van der Waals surface area (Å²) in [7, 11) is 2.58. The first-order chi connectivity index (χ1) is 8.26. The number of carbonyl (C=O) groups is 2. The standard InChI is InChI=1S/C10H15N3O5/c1-10(2,3)17-9(15)13(4)8(14)6-7(16-5)12-18-11-6/h1-5H3. The molecule has 0 spiro atoms. The minimum absolute atomic E-state index is 0.0876. The molecule has 1 heterocycles. The lowest BCUT2D eigenvalue weighted by molar-refractivity contribution is 0.0281. The first-order valence-electron chi connectivity index (χ1n) is 5.14. The Kier molecular flexibility index (Phi) is 3.89. The maximum atomic E-state index is 11.9. The van der Waals surface area contributed by atoms with Crippen LogP contribution in [0.5, 0.6) is 5.88 Å². The zero-order valence-electron chi connectivity index (χ0n) is 10.9. The van der Waals surface area contributed by atoms with Crippen molar-refractivity contribution in [2.75, 3.05) is 14.2 Å². The van der Waals surface area contributed by atoms with Gasteiger partial charge in [-0.25, -0.2) is 14.3 Å². The molecule has 18 heavy (non-hydrogen) atoms. The van der Waals surface area contributed by atoms with E-state index in [1.54, 1.807) is 20.8 Å². The number of imide groups is 1. The van der Waals surface area contributed by atoms with Crippen molar-refractivity contribution in [3.8, 4) is 5.88 Å². The lowest BCUT2D eigenvalue weighted by Crippen LogP contribution is -2.38. The molecule has 0 atom stereocenters. The van der Waals surface area contributed by atoms with Crippen molar-refractivity contribution in [1.82, 2.24) is 15.2 Å². The molecule has 0 radical (unpaired) electrons. The van der Waals surface area contributed by atoms with E-state index in [1.165, 1.54) is 14.2 Å². The minimum Gasteiger partial charge on any atom is -0.477 e. The number of amides is 2. The molecule has 0 unspecified atom stereocenters. The highest BCUT2D eigenvalue weighted by Gasteiger charge is 2.29. The van der Waals surface area contributed by atoms with Gasteiger partial charge in [0.25, 0.3) is 11.8 Å². The number of ether oxygens (including phenoxy) is 2. The Bertz CT molecular complexity index is 449. The van der Waals surface area contributed by atoms with E-state index in [0.717, 1.165) is 4.90 Å². The second kappa shape index (κ2) is 5.03. The van der Waals surface area contributed by atoms with Crippen molar-refractivity contribution < 1.29 is 23.7 Å². The van der Waals surface area contributed by atoms with E-state index >= 15 is 0 Å². The summed E-state index contributed by atoms with van der Waals surface area (Å²) in [5.41, 5.74) is -0.886. The van der Waals surface area contributed by atoms with Crippen molar-refractivity contribution in [2.24, 2.45) is 0 Å². The van der Waals surface area contributed by atoms with Gasteiger partial charge < -0.3 is 9.47 Å². The molecule has 0 bridgehead atoms. The predicted octanol–water partition coefficient (Wildman–Crippen LogP) is 1.09. The van der Waals surface area contributed by atoms with Crippen LogP contribution in [-0.4, -0.2) is 47.0 Å². The Balaban J connectivity index is 2.82. The smallest absolute Gasteiger partial charge is 0.417 e. The van der Waals surface area contributed by atoms with Gasteiger partial charge in [-0.1, -0.05) is 0 Å². The van der Waals surface area contributed by atoms with Gasteiger partial charge in [0.15, 0.2) is 0 Å². The summed E-state index contributed by atoms with van der Waals surface area (Å²) in [6.07, 6.45) is -0.794. The van der Waals surface area contributed by atoms with Gasteiger partial charge in [0.2, 0.25) is 5.69 Å². The molecule has 1 aromatic rings. The van der Waals surface area contributed by atoms with E-state index in [-0.39, 0.29) is 11.6 Å². The topological polar surface area (TPSA) is 94.8 Å². The lowest BCUT2D eigenvalue weighted by Gasteiger charge is -2.23. The van der Waals surface area contributed by atoms with E-state index < -0.39 is 17.6 Å². The largest absolute Gasteiger partial charge is 0.477 e. The first-order valence-corrected chi connectivity index (χ1v) is 5.14. The molecule has 1 aromatic heterocycles. The predicted molar refractivity (Wildman–Crippen MR) is 59.2 cm³/mol. The molecule has 0 aliphatic heterocycles. The van der Waals surface area contributed by atoms with Crippen LogP contribution in [0, 0.1) is 0 Å². The maximum absolute atomic E-state index is 11.9. The normalized spacial score (nSPS) is 10.9.